The Morgan fingerprint density at radius 2 is 1.71 bits per heavy atom. The molecule has 3 aromatic rings. The first-order valence-corrected chi connectivity index (χ1v) is 9.09. The molecule has 2 aromatic carbocycles. The second-order valence-electron chi connectivity index (χ2n) is 6.85. The summed E-state index contributed by atoms with van der Waals surface area (Å²) >= 11 is 0. The largest absolute Gasteiger partial charge is 0.364 e. The van der Waals surface area contributed by atoms with Gasteiger partial charge in [0, 0.05) is 24.4 Å². The zero-order chi connectivity index (χ0) is 20.1. The molecule has 4 nitrogen and oxygen atoms in total. The third kappa shape index (κ3) is 4.97. The molecule has 0 saturated carbocycles. The van der Waals surface area contributed by atoms with Crippen LogP contribution in [-0.2, 0) is 6.54 Å². The molecule has 6 heteroatoms. The maximum atomic E-state index is 13.6. The second-order valence-corrected chi connectivity index (χ2v) is 6.85. The van der Waals surface area contributed by atoms with E-state index in [-0.39, 0.29) is 17.3 Å². The average Bonchev–Trinajstić information content (AvgIpc) is 2.65. The van der Waals surface area contributed by atoms with E-state index < -0.39 is 11.6 Å². The van der Waals surface area contributed by atoms with E-state index in [0.717, 1.165) is 11.6 Å². The first-order chi connectivity index (χ1) is 13.4. The fourth-order valence-corrected chi connectivity index (χ4v) is 2.66. The number of benzene rings is 2. The molecule has 3 rings (SSSR count). The highest BCUT2D eigenvalue weighted by molar-refractivity contribution is 5.74. The van der Waals surface area contributed by atoms with Gasteiger partial charge in [-0.2, -0.15) is 0 Å². The minimum absolute atomic E-state index is 0.245. The zero-order valence-corrected chi connectivity index (χ0v) is 16.1. The number of nitrogens with one attached hydrogen (secondary N) is 1. The van der Waals surface area contributed by atoms with Crippen LogP contribution in [0.4, 0.5) is 20.3 Å². The molecule has 144 valence electrons. The lowest BCUT2D eigenvalue weighted by atomic mass is 10.2. The summed E-state index contributed by atoms with van der Waals surface area (Å²) in [5, 5.41) is 3.28. The van der Waals surface area contributed by atoms with Gasteiger partial charge in [-0.25, -0.2) is 18.7 Å². The summed E-state index contributed by atoms with van der Waals surface area (Å²) in [7, 11) is 0. The summed E-state index contributed by atoms with van der Waals surface area (Å²) in [6, 6.07) is 13.1. The van der Waals surface area contributed by atoms with E-state index in [0.29, 0.717) is 23.7 Å². The molecule has 0 aliphatic carbocycles. The van der Waals surface area contributed by atoms with Gasteiger partial charge in [0.2, 0.25) is 0 Å². The highest BCUT2D eigenvalue weighted by Gasteiger charge is 2.14. The number of nitrogens with zero attached hydrogens (tertiary/aromatic N) is 3. The molecule has 28 heavy (non-hydrogen) atoms. The fraction of sp³-hybridized carbons (Fsp3) is 0.227. The van der Waals surface area contributed by atoms with Crippen molar-refractivity contribution in [3.05, 3.63) is 71.4 Å². The molecule has 0 amide bonds. The Morgan fingerprint density at radius 3 is 2.36 bits per heavy atom. The van der Waals surface area contributed by atoms with Crippen LogP contribution in [0.3, 0.4) is 0 Å². The number of anilines is 1. The molecule has 0 bridgehead atoms. The van der Waals surface area contributed by atoms with E-state index in [1.54, 1.807) is 0 Å². The maximum Gasteiger partial charge on any atom is 0.162 e. The number of rotatable bonds is 6. The van der Waals surface area contributed by atoms with Crippen molar-refractivity contribution in [2.45, 2.75) is 27.3 Å². The fourth-order valence-electron chi connectivity index (χ4n) is 2.66. The van der Waals surface area contributed by atoms with Gasteiger partial charge >= 0.3 is 0 Å². The molecule has 1 aromatic heterocycles. The third-order valence-corrected chi connectivity index (χ3v) is 3.98. The number of hydrogen-bond donors (Lipinski definition) is 1. The highest BCUT2D eigenvalue weighted by atomic mass is 19.1. The lowest BCUT2D eigenvalue weighted by Gasteiger charge is -2.13. The predicted octanol–water partition coefficient (Wildman–Crippen LogP) is 5.70. The first kappa shape index (κ1) is 19.6. The maximum absolute atomic E-state index is 13.6. The second kappa shape index (κ2) is 8.69. The number of aromatic nitrogens is 2. The summed E-state index contributed by atoms with van der Waals surface area (Å²) in [4.78, 5) is 13.5. The zero-order valence-electron chi connectivity index (χ0n) is 16.1. The number of aryl methyl sites for hydroxylation is 1. The Kier molecular flexibility index (Phi) is 6.09. The molecule has 0 aliphatic rings. The van der Waals surface area contributed by atoms with Crippen LogP contribution in [-0.4, -0.2) is 16.2 Å². The Bertz CT molecular complexity index is 965. The lowest BCUT2D eigenvalue weighted by Crippen LogP contribution is -2.05. The first-order valence-electron chi connectivity index (χ1n) is 9.09. The third-order valence-electron chi connectivity index (χ3n) is 3.98. The van der Waals surface area contributed by atoms with Gasteiger partial charge in [0.1, 0.15) is 17.3 Å². The minimum Gasteiger partial charge on any atom is -0.364 e. The van der Waals surface area contributed by atoms with Crippen molar-refractivity contribution in [3.8, 4) is 11.4 Å². The van der Waals surface area contributed by atoms with Crippen molar-refractivity contribution in [1.29, 1.82) is 0 Å². The molecular weight excluding hydrogens is 358 g/mol. The van der Waals surface area contributed by atoms with Crippen molar-refractivity contribution in [1.82, 2.24) is 9.97 Å². The molecule has 1 N–H and O–H groups in total. The normalized spacial score (nSPS) is 11.4. The molecular formula is C22H22F2N4. The van der Waals surface area contributed by atoms with Gasteiger partial charge in [0.05, 0.1) is 5.69 Å². The smallest absolute Gasteiger partial charge is 0.162 e. The molecule has 1 heterocycles. The van der Waals surface area contributed by atoms with E-state index in [2.05, 4.69) is 20.3 Å². The van der Waals surface area contributed by atoms with Crippen LogP contribution in [0.15, 0.2) is 53.5 Å². The van der Waals surface area contributed by atoms with Crippen LogP contribution in [0.5, 0.6) is 0 Å². The quantitative estimate of drug-likeness (QED) is 0.558. The lowest BCUT2D eigenvalue weighted by molar-refractivity contribution is 0.584. The summed E-state index contributed by atoms with van der Waals surface area (Å²) in [6.45, 7) is 6.40. The van der Waals surface area contributed by atoms with Crippen molar-refractivity contribution in [2.24, 2.45) is 10.9 Å². The van der Waals surface area contributed by atoms with Crippen molar-refractivity contribution in [2.75, 3.05) is 5.32 Å². The minimum atomic E-state index is -0.669. The Morgan fingerprint density at radius 1 is 1.04 bits per heavy atom. The molecule has 0 spiro atoms. The van der Waals surface area contributed by atoms with Gasteiger partial charge in [-0.3, -0.25) is 4.99 Å². The molecule has 0 fully saturated rings. The van der Waals surface area contributed by atoms with E-state index >= 15 is 0 Å². The molecule has 0 saturated heterocycles. The van der Waals surface area contributed by atoms with Gasteiger partial charge in [0.25, 0.3) is 0 Å². The van der Waals surface area contributed by atoms with E-state index in [1.807, 2.05) is 57.3 Å². The van der Waals surface area contributed by atoms with Crippen molar-refractivity contribution < 1.29 is 8.78 Å². The standard InChI is InChI=1S/C22H22F2N4/c1-14(2)12-25-20-15(3)27-21(17-9-18(23)11-19(24)10-17)28-22(20)26-13-16-7-5-4-6-8-16/h4-12,14H,13H2,1-3H3,(H,26,27,28)/b25-12-. The van der Waals surface area contributed by atoms with Crippen molar-refractivity contribution >= 4 is 17.7 Å². The monoisotopic (exact) mass is 380 g/mol. The Labute approximate surface area is 163 Å². The van der Waals surface area contributed by atoms with E-state index in [9.17, 15) is 8.78 Å². The molecule has 0 unspecified atom stereocenters. The van der Waals surface area contributed by atoms with Crippen molar-refractivity contribution in [3.63, 3.8) is 0 Å². The summed E-state index contributed by atoms with van der Waals surface area (Å²) in [6.07, 6.45) is 1.82. The SMILES string of the molecule is Cc1nc(-c2cc(F)cc(F)c2)nc(NCc2ccccc2)c1/N=C\C(C)C. The highest BCUT2D eigenvalue weighted by Crippen LogP contribution is 2.30. The molecule has 0 aliphatic heterocycles. The molecule has 0 radical (unpaired) electrons. The molecule has 0 atom stereocenters. The predicted molar refractivity (Wildman–Crippen MR) is 109 cm³/mol. The number of aliphatic imine (C=N–C) groups is 1. The Hall–Kier alpha value is -3.15. The van der Waals surface area contributed by atoms with Crippen LogP contribution in [0.2, 0.25) is 0 Å². The van der Waals surface area contributed by atoms with Gasteiger partial charge in [-0.05, 0) is 30.5 Å². The van der Waals surface area contributed by atoms with Gasteiger partial charge in [-0.15, -0.1) is 0 Å². The summed E-state index contributed by atoms with van der Waals surface area (Å²) < 4.78 is 27.3. The van der Waals surface area contributed by atoms with E-state index in [1.165, 1.54) is 12.1 Å². The van der Waals surface area contributed by atoms with Gasteiger partial charge < -0.3 is 5.32 Å². The van der Waals surface area contributed by atoms with Crippen LogP contribution in [0.1, 0.15) is 25.1 Å². The van der Waals surface area contributed by atoms with Crippen LogP contribution in [0.25, 0.3) is 11.4 Å². The summed E-state index contributed by atoms with van der Waals surface area (Å²) in [5.74, 6) is -0.310. The van der Waals surface area contributed by atoms with Crippen LogP contribution in [0, 0.1) is 24.5 Å². The number of halogens is 2. The van der Waals surface area contributed by atoms with E-state index in [4.69, 9.17) is 0 Å². The number of hydrogen-bond acceptors (Lipinski definition) is 4. The average molecular weight is 380 g/mol. The van der Waals surface area contributed by atoms with Gasteiger partial charge in [-0.1, -0.05) is 44.2 Å². The summed E-state index contributed by atoms with van der Waals surface area (Å²) in [5.41, 5.74) is 2.60. The van der Waals surface area contributed by atoms with Gasteiger partial charge in [0.15, 0.2) is 11.6 Å². The topological polar surface area (TPSA) is 50.2 Å². The van der Waals surface area contributed by atoms with Crippen LogP contribution >= 0.6 is 0 Å². The van der Waals surface area contributed by atoms with Crippen LogP contribution < -0.4 is 5.32 Å². The Balaban J connectivity index is 2.02.